The van der Waals surface area contributed by atoms with E-state index in [9.17, 15) is 22.0 Å². The maximum Gasteiger partial charge on any atom is 0.257 e. The van der Waals surface area contributed by atoms with Gasteiger partial charge in [0.2, 0.25) is 10.0 Å². The van der Waals surface area contributed by atoms with Crippen LogP contribution in [0.5, 0.6) is 0 Å². The van der Waals surface area contributed by atoms with Crippen LogP contribution in [0.15, 0.2) is 41.3 Å². The van der Waals surface area contributed by atoms with E-state index >= 15 is 0 Å². The molecule has 3 aromatic rings. The maximum atomic E-state index is 13.8. The molecule has 1 aliphatic rings. The lowest BCUT2D eigenvalue weighted by molar-refractivity contribution is 0.102. The van der Waals surface area contributed by atoms with E-state index in [0.717, 1.165) is 29.9 Å². The molecule has 1 aliphatic heterocycles. The van der Waals surface area contributed by atoms with Gasteiger partial charge < -0.3 is 0 Å². The standard InChI is InChI=1S/C21H21F2N3O3S2/c1-12-7-13(2)11-26(10-12)31(28,29)16-5-3-14(4-6-16)20(27)25-21-24-19-17(23)8-15(22)9-18(19)30-21/h3-6,8-9,12-13H,7,10-11H2,1-2H3,(H,24,25,27)/t12-,13+. The highest BCUT2D eigenvalue weighted by Gasteiger charge is 2.31. The maximum absolute atomic E-state index is 13.8. The van der Waals surface area contributed by atoms with Crippen molar-refractivity contribution in [3.05, 3.63) is 53.6 Å². The number of aromatic nitrogens is 1. The molecule has 0 aliphatic carbocycles. The molecule has 1 amide bonds. The van der Waals surface area contributed by atoms with Crippen molar-refractivity contribution in [1.29, 1.82) is 0 Å². The normalized spacial score (nSPS) is 20.1. The number of carbonyl (C=O) groups is 1. The summed E-state index contributed by atoms with van der Waals surface area (Å²) in [6.45, 7) is 5.02. The summed E-state index contributed by atoms with van der Waals surface area (Å²) >= 11 is 0.950. The first kappa shape index (κ1) is 21.8. The van der Waals surface area contributed by atoms with Gasteiger partial charge in [-0.3, -0.25) is 10.1 Å². The highest BCUT2D eigenvalue weighted by molar-refractivity contribution is 7.89. The zero-order valence-corrected chi connectivity index (χ0v) is 18.6. The first-order valence-corrected chi connectivity index (χ1v) is 12.1. The Morgan fingerprint density at radius 2 is 1.77 bits per heavy atom. The summed E-state index contributed by atoms with van der Waals surface area (Å²) in [7, 11) is -3.64. The van der Waals surface area contributed by atoms with E-state index in [-0.39, 0.29) is 37.6 Å². The number of amides is 1. The third-order valence-electron chi connectivity index (χ3n) is 5.22. The first-order valence-electron chi connectivity index (χ1n) is 9.80. The summed E-state index contributed by atoms with van der Waals surface area (Å²) in [5, 5.41) is 2.67. The van der Waals surface area contributed by atoms with Gasteiger partial charge in [-0.15, -0.1) is 0 Å². The summed E-state index contributed by atoms with van der Waals surface area (Å²) < 4.78 is 54.8. The van der Waals surface area contributed by atoms with E-state index in [1.165, 1.54) is 28.6 Å². The van der Waals surface area contributed by atoms with Crippen molar-refractivity contribution in [3.8, 4) is 0 Å². The molecule has 1 aromatic heterocycles. The van der Waals surface area contributed by atoms with E-state index in [1.54, 1.807) is 0 Å². The van der Waals surface area contributed by atoms with Crippen molar-refractivity contribution in [1.82, 2.24) is 9.29 Å². The van der Waals surface area contributed by atoms with Crippen molar-refractivity contribution in [2.75, 3.05) is 18.4 Å². The summed E-state index contributed by atoms with van der Waals surface area (Å²) in [5.74, 6) is -1.47. The quantitative estimate of drug-likeness (QED) is 0.616. The van der Waals surface area contributed by atoms with E-state index in [4.69, 9.17) is 0 Å². The molecule has 2 heterocycles. The summed E-state index contributed by atoms with van der Waals surface area (Å²) in [6.07, 6.45) is 0.993. The fraction of sp³-hybridized carbons (Fsp3) is 0.333. The molecule has 0 unspecified atom stereocenters. The Kier molecular flexibility index (Phi) is 5.80. The lowest BCUT2D eigenvalue weighted by Gasteiger charge is -2.34. The second kappa shape index (κ2) is 8.25. The van der Waals surface area contributed by atoms with Gasteiger partial charge in [0, 0.05) is 24.7 Å². The van der Waals surface area contributed by atoms with E-state index < -0.39 is 27.6 Å². The van der Waals surface area contributed by atoms with Crippen LogP contribution in [0.25, 0.3) is 10.2 Å². The second-order valence-electron chi connectivity index (χ2n) is 8.00. The summed E-state index contributed by atoms with van der Waals surface area (Å²) in [4.78, 5) is 16.6. The largest absolute Gasteiger partial charge is 0.298 e. The van der Waals surface area contributed by atoms with Crippen LogP contribution >= 0.6 is 11.3 Å². The first-order chi connectivity index (χ1) is 14.6. The minimum Gasteiger partial charge on any atom is -0.298 e. The zero-order valence-electron chi connectivity index (χ0n) is 16.9. The number of hydrogen-bond acceptors (Lipinski definition) is 5. The van der Waals surface area contributed by atoms with Crippen molar-refractivity contribution >= 4 is 42.6 Å². The van der Waals surface area contributed by atoms with Gasteiger partial charge in [0.05, 0.1) is 9.60 Å². The third-order valence-corrected chi connectivity index (χ3v) is 7.99. The molecule has 2 atom stereocenters. The van der Waals surface area contributed by atoms with Gasteiger partial charge in [-0.2, -0.15) is 4.31 Å². The molecule has 2 aromatic carbocycles. The molecular weight excluding hydrogens is 444 g/mol. The van der Waals surface area contributed by atoms with Crippen LogP contribution in [0, 0.1) is 23.5 Å². The molecule has 31 heavy (non-hydrogen) atoms. The molecule has 0 spiro atoms. The number of halogens is 2. The highest BCUT2D eigenvalue weighted by atomic mass is 32.2. The van der Waals surface area contributed by atoms with E-state index in [1.807, 2.05) is 13.8 Å². The average molecular weight is 466 g/mol. The molecule has 1 saturated heterocycles. The fourth-order valence-corrected chi connectivity index (χ4v) is 6.49. The van der Waals surface area contributed by atoms with Crippen molar-refractivity contribution in [3.63, 3.8) is 0 Å². The number of hydrogen-bond donors (Lipinski definition) is 1. The van der Waals surface area contributed by atoms with E-state index in [2.05, 4.69) is 10.3 Å². The Hall–Kier alpha value is -2.43. The molecule has 0 saturated carbocycles. The number of fused-ring (bicyclic) bond motifs is 1. The Balaban J connectivity index is 1.51. The van der Waals surface area contributed by atoms with Crippen LogP contribution in [-0.4, -0.2) is 36.7 Å². The molecule has 1 N–H and O–H groups in total. The number of nitrogens with one attached hydrogen (secondary N) is 1. The topological polar surface area (TPSA) is 79.4 Å². The van der Waals surface area contributed by atoms with Crippen molar-refractivity contribution < 1.29 is 22.0 Å². The molecule has 164 valence electrons. The number of piperidine rings is 1. The average Bonchev–Trinajstić information content (AvgIpc) is 3.10. The molecule has 6 nitrogen and oxygen atoms in total. The molecule has 4 rings (SSSR count). The van der Waals surface area contributed by atoms with Gasteiger partial charge in [-0.25, -0.2) is 22.2 Å². The number of rotatable bonds is 4. The zero-order chi connectivity index (χ0) is 22.3. The van der Waals surface area contributed by atoms with Gasteiger partial charge in [-0.1, -0.05) is 25.2 Å². The Morgan fingerprint density at radius 3 is 2.42 bits per heavy atom. The summed E-state index contributed by atoms with van der Waals surface area (Å²) in [5.41, 5.74) is 0.207. The summed E-state index contributed by atoms with van der Waals surface area (Å²) in [6, 6.07) is 7.53. The van der Waals surface area contributed by atoms with E-state index in [0.29, 0.717) is 13.1 Å². The van der Waals surface area contributed by atoms with Gasteiger partial charge >= 0.3 is 0 Å². The predicted molar refractivity (Wildman–Crippen MR) is 116 cm³/mol. The Bertz CT molecular complexity index is 1230. The van der Waals surface area contributed by atoms with Crippen molar-refractivity contribution in [2.24, 2.45) is 11.8 Å². The number of benzene rings is 2. The van der Waals surface area contributed by atoms with Gasteiger partial charge in [0.15, 0.2) is 10.9 Å². The van der Waals surface area contributed by atoms with Crippen LogP contribution < -0.4 is 5.32 Å². The second-order valence-corrected chi connectivity index (χ2v) is 11.0. The molecule has 1 fully saturated rings. The van der Waals surface area contributed by atoms with Crippen LogP contribution in [0.1, 0.15) is 30.6 Å². The lowest BCUT2D eigenvalue weighted by atomic mass is 9.94. The Labute approximate surface area is 183 Å². The molecule has 0 radical (unpaired) electrons. The lowest BCUT2D eigenvalue weighted by Crippen LogP contribution is -2.42. The molecule has 0 bridgehead atoms. The number of nitrogens with zero attached hydrogens (tertiary/aromatic N) is 2. The minimum atomic E-state index is -3.64. The number of thiazole rings is 1. The number of anilines is 1. The van der Waals surface area contributed by atoms with Gasteiger partial charge in [-0.05, 0) is 48.6 Å². The van der Waals surface area contributed by atoms with Crippen LogP contribution in [0.3, 0.4) is 0 Å². The van der Waals surface area contributed by atoms with Crippen LogP contribution in [-0.2, 0) is 10.0 Å². The van der Waals surface area contributed by atoms with Gasteiger partial charge in [0.25, 0.3) is 5.91 Å². The number of sulfonamides is 1. The van der Waals surface area contributed by atoms with Crippen molar-refractivity contribution in [2.45, 2.75) is 25.2 Å². The minimum absolute atomic E-state index is 0.0203. The Morgan fingerprint density at radius 1 is 1.13 bits per heavy atom. The van der Waals surface area contributed by atoms with Gasteiger partial charge in [0.1, 0.15) is 11.3 Å². The molecular formula is C21H21F2N3O3S2. The fourth-order valence-electron chi connectivity index (χ4n) is 3.91. The SMILES string of the molecule is C[C@@H]1C[C@H](C)CN(S(=O)(=O)c2ccc(C(=O)Nc3nc4c(F)cc(F)cc4s3)cc2)C1. The van der Waals surface area contributed by atoms with Crippen LogP contribution in [0.4, 0.5) is 13.9 Å². The van der Waals surface area contributed by atoms with Crippen LogP contribution in [0.2, 0.25) is 0 Å². The monoisotopic (exact) mass is 465 g/mol. The highest BCUT2D eigenvalue weighted by Crippen LogP contribution is 2.30. The predicted octanol–water partition coefficient (Wildman–Crippen LogP) is 4.49. The number of carbonyl (C=O) groups excluding carboxylic acids is 1. The smallest absolute Gasteiger partial charge is 0.257 e. The molecule has 10 heteroatoms. The third kappa shape index (κ3) is 4.46.